The van der Waals surface area contributed by atoms with Crippen molar-refractivity contribution in [2.24, 2.45) is 17.3 Å². The molecule has 1 saturated heterocycles. The largest absolute Gasteiger partial charge is 0.342 e. The van der Waals surface area contributed by atoms with Crippen molar-refractivity contribution < 1.29 is 13.2 Å². The van der Waals surface area contributed by atoms with Gasteiger partial charge in [-0.15, -0.1) is 0 Å². The molecule has 0 radical (unpaired) electrons. The molecule has 6 heteroatoms. The fraction of sp³-hybridized carbons (Fsp3) is 0.929. The van der Waals surface area contributed by atoms with Gasteiger partial charge in [0.15, 0.2) is 0 Å². The molecule has 3 rings (SSSR count). The van der Waals surface area contributed by atoms with Crippen LogP contribution in [0.15, 0.2) is 0 Å². The lowest BCUT2D eigenvalue weighted by atomic mass is 9.65. The SMILES string of the molecule is CC1CC(C(=O)N2CCC3(CC(NS(C)(=O)=O)C3)C2)C1. The highest BCUT2D eigenvalue weighted by atomic mass is 32.2. The Kier molecular flexibility index (Phi) is 3.36. The quantitative estimate of drug-likeness (QED) is 0.844. The number of amides is 1. The molecular weight excluding hydrogens is 276 g/mol. The summed E-state index contributed by atoms with van der Waals surface area (Å²) in [5.74, 6) is 1.29. The second kappa shape index (κ2) is 4.70. The number of hydrogen-bond donors (Lipinski definition) is 1. The van der Waals surface area contributed by atoms with Crippen LogP contribution >= 0.6 is 0 Å². The number of hydrogen-bond acceptors (Lipinski definition) is 3. The lowest BCUT2D eigenvalue weighted by Crippen LogP contribution is -2.52. The summed E-state index contributed by atoms with van der Waals surface area (Å²) in [6, 6.07) is 0.0729. The topological polar surface area (TPSA) is 66.5 Å². The van der Waals surface area contributed by atoms with E-state index in [9.17, 15) is 13.2 Å². The second-order valence-corrected chi connectivity index (χ2v) is 9.06. The molecule has 2 saturated carbocycles. The minimum atomic E-state index is -3.11. The molecule has 1 spiro atoms. The van der Waals surface area contributed by atoms with Crippen LogP contribution in [0.3, 0.4) is 0 Å². The summed E-state index contributed by atoms with van der Waals surface area (Å²) in [7, 11) is -3.11. The Morgan fingerprint density at radius 2 is 1.95 bits per heavy atom. The minimum Gasteiger partial charge on any atom is -0.342 e. The van der Waals surface area contributed by atoms with Gasteiger partial charge < -0.3 is 4.90 Å². The third-order valence-electron chi connectivity index (χ3n) is 5.21. The predicted molar refractivity (Wildman–Crippen MR) is 76.5 cm³/mol. The normalized spacial score (nSPS) is 40.5. The zero-order valence-electron chi connectivity index (χ0n) is 12.3. The van der Waals surface area contributed by atoms with Crippen LogP contribution in [0.25, 0.3) is 0 Å². The summed E-state index contributed by atoms with van der Waals surface area (Å²) in [4.78, 5) is 14.3. The van der Waals surface area contributed by atoms with Crippen molar-refractivity contribution in [3.63, 3.8) is 0 Å². The smallest absolute Gasteiger partial charge is 0.225 e. The van der Waals surface area contributed by atoms with E-state index in [1.54, 1.807) is 0 Å². The van der Waals surface area contributed by atoms with Gasteiger partial charge in [-0.05, 0) is 43.4 Å². The molecule has 0 aromatic heterocycles. The van der Waals surface area contributed by atoms with Gasteiger partial charge in [0.05, 0.1) is 6.26 Å². The number of nitrogens with one attached hydrogen (secondary N) is 1. The lowest BCUT2D eigenvalue weighted by molar-refractivity contribution is -0.139. The summed E-state index contributed by atoms with van der Waals surface area (Å²) in [6.45, 7) is 3.89. The Balaban J connectivity index is 1.50. The number of carbonyl (C=O) groups excluding carboxylic acids is 1. The summed E-state index contributed by atoms with van der Waals surface area (Å²) < 4.78 is 25.1. The fourth-order valence-corrected chi connectivity index (χ4v) is 4.96. The predicted octanol–water partition coefficient (Wildman–Crippen LogP) is 0.963. The molecule has 5 nitrogen and oxygen atoms in total. The highest BCUT2D eigenvalue weighted by Crippen LogP contribution is 2.49. The molecule has 0 aromatic rings. The number of likely N-dealkylation sites (tertiary alicyclic amines) is 1. The number of rotatable bonds is 3. The minimum absolute atomic E-state index is 0.0729. The van der Waals surface area contributed by atoms with Crippen molar-refractivity contribution >= 4 is 15.9 Å². The van der Waals surface area contributed by atoms with Crippen LogP contribution in [0.1, 0.15) is 39.0 Å². The van der Waals surface area contributed by atoms with Gasteiger partial charge in [-0.2, -0.15) is 0 Å². The van der Waals surface area contributed by atoms with E-state index in [-0.39, 0.29) is 17.4 Å². The Bertz CT molecular complexity index is 505. The van der Waals surface area contributed by atoms with Crippen molar-refractivity contribution in [2.45, 2.75) is 45.1 Å². The van der Waals surface area contributed by atoms with Crippen molar-refractivity contribution in [1.82, 2.24) is 9.62 Å². The van der Waals surface area contributed by atoms with Gasteiger partial charge in [0, 0.05) is 25.0 Å². The molecule has 3 fully saturated rings. The maximum absolute atomic E-state index is 12.3. The van der Waals surface area contributed by atoms with E-state index in [2.05, 4.69) is 11.6 Å². The Morgan fingerprint density at radius 1 is 1.30 bits per heavy atom. The second-order valence-electron chi connectivity index (χ2n) is 7.28. The average Bonchev–Trinajstić information content (AvgIpc) is 2.66. The van der Waals surface area contributed by atoms with E-state index in [0.29, 0.717) is 11.8 Å². The van der Waals surface area contributed by atoms with Crippen LogP contribution in [0.5, 0.6) is 0 Å². The van der Waals surface area contributed by atoms with Crippen LogP contribution in [-0.2, 0) is 14.8 Å². The van der Waals surface area contributed by atoms with Crippen LogP contribution in [0, 0.1) is 17.3 Å². The Hall–Kier alpha value is -0.620. The molecular formula is C14H24N2O3S. The van der Waals surface area contributed by atoms with E-state index >= 15 is 0 Å². The van der Waals surface area contributed by atoms with Crippen LogP contribution in [0.4, 0.5) is 0 Å². The van der Waals surface area contributed by atoms with Crippen molar-refractivity contribution in [3.05, 3.63) is 0 Å². The zero-order valence-corrected chi connectivity index (χ0v) is 13.1. The first-order chi connectivity index (χ1) is 9.26. The Labute approximate surface area is 121 Å². The molecule has 0 bridgehead atoms. The van der Waals surface area contributed by atoms with Gasteiger partial charge in [0.2, 0.25) is 15.9 Å². The molecule has 1 aliphatic heterocycles. The Morgan fingerprint density at radius 3 is 2.50 bits per heavy atom. The van der Waals surface area contributed by atoms with Gasteiger partial charge in [-0.25, -0.2) is 13.1 Å². The van der Waals surface area contributed by atoms with E-state index in [1.807, 2.05) is 4.90 Å². The summed E-state index contributed by atoms with van der Waals surface area (Å²) in [5, 5.41) is 0. The summed E-state index contributed by atoms with van der Waals surface area (Å²) >= 11 is 0. The molecule has 114 valence electrons. The molecule has 0 unspecified atom stereocenters. The van der Waals surface area contributed by atoms with Gasteiger partial charge in [-0.3, -0.25) is 4.79 Å². The first kappa shape index (κ1) is 14.3. The number of carbonyl (C=O) groups is 1. The van der Waals surface area contributed by atoms with Crippen molar-refractivity contribution in [1.29, 1.82) is 0 Å². The molecule has 20 heavy (non-hydrogen) atoms. The summed E-state index contributed by atoms with van der Waals surface area (Å²) in [6.07, 6.45) is 6.08. The van der Waals surface area contributed by atoms with Crippen molar-refractivity contribution in [3.8, 4) is 0 Å². The third-order valence-corrected chi connectivity index (χ3v) is 5.97. The monoisotopic (exact) mass is 300 g/mol. The molecule has 3 aliphatic rings. The highest BCUT2D eigenvalue weighted by molar-refractivity contribution is 7.88. The number of sulfonamides is 1. The van der Waals surface area contributed by atoms with Gasteiger partial charge in [0.1, 0.15) is 0 Å². The lowest BCUT2D eigenvalue weighted by Gasteiger charge is -2.45. The van der Waals surface area contributed by atoms with Crippen molar-refractivity contribution in [2.75, 3.05) is 19.3 Å². The maximum atomic E-state index is 12.3. The van der Waals surface area contributed by atoms with Crippen LogP contribution < -0.4 is 4.72 Å². The molecule has 1 heterocycles. The van der Waals surface area contributed by atoms with Crippen LogP contribution in [0.2, 0.25) is 0 Å². The first-order valence-corrected chi connectivity index (χ1v) is 9.42. The van der Waals surface area contributed by atoms with Gasteiger partial charge >= 0.3 is 0 Å². The van der Waals surface area contributed by atoms with Crippen LogP contribution in [-0.4, -0.2) is 44.6 Å². The standard InChI is InChI=1S/C14H24N2O3S/c1-10-5-11(6-10)13(17)16-4-3-14(9-16)7-12(8-14)15-20(2,18)19/h10-12,15H,3-9H2,1-2H3. The average molecular weight is 300 g/mol. The van der Waals surface area contributed by atoms with Gasteiger partial charge in [-0.1, -0.05) is 6.92 Å². The molecule has 0 atom stereocenters. The van der Waals surface area contributed by atoms with E-state index in [4.69, 9.17) is 0 Å². The highest BCUT2D eigenvalue weighted by Gasteiger charge is 2.51. The number of nitrogens with zero attached hydrogens (tertiary/aromatic N) is 1. The maximum Gasteiger partial charge on any atom is 0.225 e. The molecule has 1 N–H and O–H groups in total. The first-order valence-electron chi connectivity index (χ1n) is 7.52. The molecule has 1 amide bonds. The van der Waals surface area contributed by atoms with E-state index < -0.39 is 10.0 Å². The fourth-order valence-electron chi connectivity index (χ4n) is 4.19. The van der Waals surface area contributed by atoms with E-state index in [1.165, 1.54) is 6.26 Å². The van der Waals surface area contributed by atoms with E-state index in [0.717, 1.165) is 45.2 Å². The third kappa shape index (κ3) is 2.72. The zero-order chi connectivity index (χ0) is 14.5. The molecule has 2 aliphatic carbocycles. The summed E-state index contributed by atoms with van der Waals surface area (Å²) in [5.41, 5.74) is 0.188. The molecule has 0 aromatic carbocycles. The van der Waals surface area contributed by atoms with Gasteiger partial charge in [0.25, 0.3) is 0 Å².